The van der Waals surface area contributed by atoms with Gasteiger partial charge in [-0.3, -0.25) is 9.59 Å². The van der Waals surface area contributed by atoms with Gasteiger partial charge in [0.2, 0.25) is 11.8 Å². The number of aryl methyl sites for hydroxylation is 1. The van der Waals surface area contributed by atoms with Crippen LogP contribution in [-0.2, 0) is 9.59 Å². The molecule has 1 unspecified atom stereocenters. The fourth-order valence-corrected chi connectivity index (χ4v) is 3.02. The standard InChI is InChI=1S/C18H16Cl2N2O2/c1-11-2-5-14(6-3-11)22-10-12(8-17(22)23)18(24)21-16-9-13(19)4-7-15(16)20/h2-7,9,12H,8,10H2,1H3,(H,21,24). The van der Waals surface area contributed by atoms with Crippen molar-refractivity contribution >= 4 is 46.4 Å². The van der Waals surface area contributed by atoms with Crippen LogP contribution >= 0.6 is 23.2 Å². The first kappa shape index (κ1) is 16.8. The van der Waals surface area contributed by atoms with Crippen molar-refractivity contribution in [2.45, 2.75) is 13.3 Å². The molecule has 1 aliphatic rings. The first-order valence-electron chi connectivity index (χ1n) is 7.57. The number of hydrogen-bond donors (Lipinski definition) is 1. The second-order valence-corrected chi connectivity index (χ2v) is 6.70. The summed E-state index contributed by atoms with van der Waals surface area (Å²) in [5.41, 5.74) is 2.38. The predicted octanol–water partition coefficient (Wildman–Crippen LogP) is 4.29. The lowest BCUT2D eigenvalue weighted by Crippen LogP contribution is -2.28. The highest BCUT2D eigenvalue weighted by Crippen LogP contribution is 2.29. The number of nitrogens with one attached hydrogen (secondary N) is 1. The van der Waals surface area contributed by atoms with Crippen molar-refractivity contribution in [1.29, 1.82) is 0 Å². The first-order chi connectivity index (χ1) is 11.4. The number of carbonyl (C=O) groups is 2. The van der Waals surface area contributed by atoms with Gasteiger partial charge in [-0.15, -0.1) is 0 Å². The summed E-state index contributed by atoms with van der Waals surface area (Å²) >= 11 is 12.0. The molecule has 0 aliphatic carbocycles. The Morgan fingerprint density at radius 1 is 1.17 bits per heavy atom. The largest absolute Gasteiger partial charge is 0.324 e. The molecular formula is C18H16Cl2N2O2. The van der Waals surface area contributed by atoms with E-state index in [9.17, 15) is 9.59 Å². The van der Waals surface area contributed by atoms with E-state index in [-0.39, 0.29) is 18.2 Å². The maximum atomic E-state index is 12.5. The van der Waals surface area contributed by atoms with Crippen molar-refractivity contribution in [3.8, 4) is 0 Å². The Labute approximate surface area is 150 Å². The minimum Gasteiger partial charge on any atom is -0.324 e. The molecule has 1 fully saturated rings. The van der Waals surface area contributed by atoms with E-state index in [0.717, 1.165) is 11.3 Å². The highest BCUT2D eigenvalue weighted by Gasteiger charge is 2.35. The summed E-state index contributed by atoms with van der Waals surface area (Å²) in [5, 5.41) is 3.65. The van der Waals surface area contributed by atoms with Crippen molar-refractivity contribution in [1.82, 2.24) is 0 Å². The van der Waals surface area contributed by atoms with Gasteiger partial charge in [-0.05, 0) is 37.3 Å². The Morgan fingerprint density at radius 3 is 2.58 bits per heavy atom. The number of hydrogen-bond acceptors (Lipinski definition) is 2. The van der Waals surface area contributed by atoms with Crippen molar-refractivity contribution in [2.75, 3.05) is 16.8 Å². The molecule has 3 rings (SSSR count). The molecule has 4 nitrogen and oxygen atoms in total. The maximum Gasteiger partial charge on any atom is 0.229 e. The Bertz CT molecular complexity index is 790. The van der Waals surface area contributed by atoms with Crippen LogP contribution in [0.15, 0.2) is 42.5 Å². The van der Waals surface area contributed by atoms with E-state index in [4.69, 9.17) is 23.2 Å². The van der Waals surface area contributed by atoms with Crippen LogP contribution in [0.3, 0.4) is 0 Å². The number of amides is 2. The monoisotopic (exact) mass is 362 g/mol. The third-order valence-corrected chi connectivity index (χ3v) is 4.59. The van der Waals surface area contributed by atoms with E-state index in [2.05, 4.69) is 5.32 Å². The van der Waals surface area contributed by atoms with Gasteiger partial charge >= 0.3 is 0 Å². The lowest BCUT2D eigenvalue weighted by atomic mass is 10.1. The maximum absolute atomic E-state index is 12.5. The van der Waals surface area contributed by atoms with Crippen LogP contribution in [0.4, 0.5) is 11.4 Å². The third kappa shape index (κ3) is 3.55. The summed E-state index contributed by atoms with van der Waals surface area (Å²) in [5.74, 6) is -0.716. The third-order valence-electron chi connectivity index (χ3n) is 4.03. The molecule has 2 aromatic carbocycles. The smallest absolute Gasteiger partial charge is 0.229 e. The summed E-state index contributed by atoms with van der Waals surface area (Å²) in [4.78, 5) is 26.4. The van der Waals surface area contributed by atoms with Gasteiger partial charge in [0.1, 0.15) is 0 Å². The summed E-state index contributed by atoms with van der Waals surface area (Å²) in [7, 11) is 0. The molecule has 0 radical (unpaired) electrons. The molecule has 6 heteroatoms. The van der Waals surface area contributed by atoms with E-state index in [1.807, 2.05) is 31.2 Å². The van der Waals surface area contributed by atoms with Gasteiger partial charge in [0, 0.05) is 23.7 Å². The molecule has 0 aromatic heterocycles. The van der Waals surface area contributed by atoms with E-state index in [1.54, 1.807) is 23.1 Å². The molecule has 0 saturated carbocycles. The van der Waals surface area contributed by atoms with Crippen LogP contribution in [0.25, 0.3) is 0 Å². The molecule has 1 heterocycles. The summed E-state index contributed by atoms with van der Waals surface area (Å²) in [6.07, 6.45) is 0.178. The van der Waals surface area contributed by atoms with Crippen LogP contribution in [0.1, 0.15) is 12.0 Å². The average molecular weight is 363 g/mol. The zero-order valence-corrected chi connectivity index (χ0v) is 14.6. The summed E-state index contributed by atoms with van der Waals surface area (Å²) in [6.45, 7) is 2.34. The van der Waals surface area contributed by atoms with Gasteiger partial charge in [-0.2, -0.15) is 0 Å². The molecule has 1 aliphatic heterocycles. The van der Waals surface area contributed by atoms with Crippen LogP contribution in [0.5, 0.6) is 0 Å². The lowest BCUT2D eigenvalue weighted by molar-refractivity contribution is -0.122. The van der Waals surface area contributed by atoms with E-state index >= 15 is 0 Å². The predicted molar refractivity (Wildman–Crippen MR) is 96.7 cm³/mol. The molecule has 2 aromatic rings. The summed E-state index contributed by atoms with van der Waals surface area (Å²) in [6, 6.07) is 12.5. The van der Waals surface area contributed by atoms with E-state index < -0.39 is 5.92 Å². The van der Waals surface area contributed by atoms with Gasteiger partial charge < -0.3 is 10.2 Å². The lowest BCUT2D eigenvalue weighted by Gasteiger charge is -2.17. The topological polar surface area (TPSA) is 49.4 Å². The van der Waals surface area contributed by atoms with Crippen LogP contribution in [0.2, 0.25) is 10.0 Å². The fourth-order valence-electron chi connectivity index (χ4n) is 2.69. The van der Waals surface area contributed by atoms with Crippen molar-refractivity contribution < 1.29 is 9.59 Å². The van der Waals surface area contributed by atoms with Gasteiger partial charge in [0.15, 0.2) is 0 Å². The van der Waals surface area contributed by atoms with E-state index in [0.29, 0.717) is 22.3 Å². The van der Waals surface area contributed by atoms with Crippen LogP contribution < -0.4 is 10.2 Å². The quantitative estimate of drug-likeness (QED) is 0.884. The number of benzene rings is 2. The molecular weight excluding hydrogens is 347 g/mol. The summed E-state index contributed by atoms with van der Waals surface area (Å²) < 4.78 is 0. The zero-order valence-electron chi connectivity index (χ0n) is 13.1. The van der Waals surface area contributed by atoms with Crippen molar-refractivity contribution in [3.05, 3.63) is 58.1 Å². The Morgan fingerprint density at radius 2 is 1.88 bits per heavy atom. The highest BCUT2D eigenvalue weighted by atomic mass is 35.5. The molecule has 1 N–H and O–H groups in total. The number of nitrogens with zero attached hydrogens (tertiary/aromatic N) is 1. The molecule has 2 amide bonds. The van der Waals surface area contributed by atoms with Crippen LogP contribution in [0, 0.1) is 12.8 Å². The number of halogens is 2. The van der Waals surface area contributed by atoms with Crippen molar-refractivity contribution in [3.63, 3.8) is 0 Å². The number of anilines is 2. The Balaban J connectivity index is 1.72. The average Bonchev–Trinajstić information content (AvgIpc) is 2.94. The molecule has 24 heavy (non-hydrogen) atoms. The molecule has 1 saturated heterocycles. The van der Waals surface area contributed by atoms with Gasteiger partial charge in [0.25, 0.3) is 0 Å². The Hall–Kier alpha value is -2.04. The highest BCUT2D eigenvalue weighted by molar-refractivity contribution is 6.35. The Kier molecular flexibility index (Phi) is 4.78. The van der Waals surface area contributed by atoms with Gasteiger partial charge in [0.05, 0.1) is 16.6 Å². The second-order valence-electron chi connectivity index (χ2n) is 5.85. The SMILES string of the molecule is Cc1ccc(N2CC(C(=O)Nc3cc(Cl)ccc3Cl)CC2=O)cc1. The van der Waals surface area contributed by atoms with Gasteiger partial charge in [-0.25, -0.2) is 0 Å². The molecule has 0 spiro atoms. The number of rotatable bonds is 3. The molecule has 124 valence electrons. The normalized spacial score (nSPS) is 17.2. The van der Waals surface area contributed by atoms with Gasteiger partial charge in [-0.1, -0.05) is 40.9 Å². The first-order valence-corrected chi connectivity index (χ1v) is 8.32. The van der Waals surface area contributed by atoms with Crippen molar-refractivity contribution in [2.24, 2.45) is 5.92 Å². The minimum atomic E-state index is -0.422. The zero-order chi connectivity index (χ0) is 17.3. The molecule has 1 atom stereocenters. The minimum absolute atomic E-state index is 0.0591. The second kappa shape index (κ2) is 6.83. The molecule has 0 bridgehead atoms. The van der Waals surface area contributed by atoms with Crippen LogP contribution in [-0.4, -0.2) is 18.4 Å². The van der Waals surface area contributed by atoms with E-state index in [1.165, 1.54) is 0 Å². The fraction of sp³-hybridized carbons (Fsp3) is 0.222. The number of carbonyl (C=O) groups excluding carboxylic acids is 2.